The molecule has 2 N–H and O–H groups in total. The van der Waals surface area contributed by atoms with Crippen molar-refractivity contribution in [2.75, 3.05) is 68.8 Å². The van der Waals surface area contributed by atoms with Gasteiger partial charge in [-0.15, -0.1) is 0 Å². The first-order valence-electron chi connectivity index (χ1n) is 7.63. The van der Waals surface area contributed by atoms with E-state index in [1.807, 2.05) is 6.07 Å². The summed E-state index contributed by atoms with van der Waals surface area (Å²) in [6, 6.07) is 2.04. The number of nitrogens with two attached hydrogens (primary N) is 1. The van der Waals surface area contributed by atoms with Gasteiger partial charge in [-0.3, -0.25) is 9.69 Å². The molecule has 8 nitrogen and oxygen atoms in total. The number of rotatable bonds is 4. The standard InChI is InChI=1S/C14H22N6O2/c15-12(21)10-18-1-3-19(4-2-18)13-9-14(17-11-16-13)20-5-7-22-8-6-20/h9,11H,1-8,10H2,(H2,15,21). The van der Waals surface area contributed by atoms with E-state index in [2.05, 4.69) is 24.7 Å². The second kappa shape index (κ2) is 6.89. The lowest BCUT2D eigenvalue weighted by Gasteiger charge is -2.35. The van der Waals surface area contributed by atoms with Gasteiger partial charge >= 0.3 is 0 Å². The van der Waals surface area contributed by atoms with Gasteiger partial charge in [0.05, 0.1) is 19.8 Å². The number of primary amides is 1. The van der Waals surface area contributed by atoms with Gasteiger partial charge in [-0.2, -0.15) is 0 Å². The molecule has 0 atom stereocenters. The Morgan fingerprint density at radius 2 is 1.64 bits per heavy atom. The van der Waals surface area contributed by atoms with E-state index in [0.29, 0.717) is 6.54 Å². The van der Waals surface area contributed by atoms with E-state index in [1.165, 1.54) is 0 Å². The number of amides is 1. The number of ether oxygens (including phenoxy) is 1. The van der Waals surface area contributed by atoms with E-state index in [9.17, 15) is 4.79 Å². The Morgan fingerprint density at radius 1 is 1.05 bits per heavy atom. The second-order valence-corrected chi connectivity index (χ2v) is 5.56. The summed E-state index contributed by atoms with van der Waals surface area (Å²) < 4.78 is 5.37. The fourth-order valence-electron chi connectivity index (χ4n) is 2.83. The predicted octanol–water partition coefficient (Wildman–Crippen LogP) is -1.08. The second-order valence-electron chi connectivity index (χ2n) is 5.56. The highest BCUT2D eigenvalue weighted by molar-refractivity contribution is 5.75. The third-order valence-electron chi connectivity index (χ3n) is 4.05. The third-order valence-corrected chi connectivity index (χ3v) is 4.05. The van der Waals surface area contributed by atoms with Crippen molar-refractivity contribution >= 4 is 17.5 Å². The minimum atomic E-state index is -0.273. The van der Waals surface area contributed by atoms with Crippen LogP contribution in [0, 0.1) is 0 Å². The minimum absolute atomic E-state index is 0.273. The lowest BCUT2D eigenvalue weighted by Crippen LogP contribution is -2.49. The van der Waals surface area contributed by atoms with Gasteiger partial charge in [-0.05, 0) is 0 Å². The zero-order valence-electron chi connectivity index (χ0n) is 12.6. The number of anilines is 2. The smallest absolute Gasteiger partial charge is 0.231 e. The summed E-state index contributed by atoms with van der Waals surface area (Å²) in [7, 11) is 0. The maximum Gasteiger partial charge on any atom is 0.231 e. The number of hydrogen-bond donors (Lipinski definition) is 1. The first-order chi connectivity index (χ1) is 10.7. The largest absolute Gasteiger partial charge is 0.378 e. The predicted molar refractivity (Wildman–Crippen MR) is 82.9 cm³/mol. The Bertz CT molecular complexity index is 512. The lowest BCUT2D eigenvalue weighted by molar-refractivity contribution is -0.119. The molecular weight excluding hydrogens is 284 g/mol. The van der Waals surface area contributed by atoms with Gasteiger partial charge in [0.2, 0.25) is 5.91 Å². The lowest BCUT2D eigenvalue weighted by atomic mass is 10.3. The summed E-state index contributed by atoms with van der Waals surface area (Å²) in [5, 5.41) is 0. The highest BCUT2D eigenvalue weighted by Gasteiger charge is 2.20. The summed E-state index contributed by atoms with van der Waals surface area (Å²) in [5.74, 6) is 1.62. The van der Waals surface area contributed by atoms with E-state index < -0.39 is 0 Å². The van der Waals surface area contributed by atoms with Crippen molar-refractivity contribution in [3.8, 4) is 0 Å². The van der Waals surface area contributed by atoms with Crippen LogP contribution in [0.5, 0.6) is 0 Å². The quantitative estimate of drug-likeness (QED) is 0.757. The van der Waals surface area contributed by atoms with Gasteiger partial charge in [-0.25, -0.2) is 9.97 Å². The molecule has 0 radical (unpaired) electrons. The van der Waals surface area contributed by atoms with E-state index in [1.54, 1.807) is 6.33 Å². The molecule has 0 spiro atoms. The molecule has 0 bridgehead atoms. The van der Waals surface area contributed by atoms with Crippen molar-refractivity contribution < 1.29 is 9.53 Å². The Balaban J connectivity index is 1.62. The molecule has 1 aromatic heterocycles. The van der Waals surface area contributed by atoms with Gasteiger partial charge in [-0.1, -0.05) is 0 Å². The Labute approximate surface area is 129 Å². The summed E-state index contributed by atoms with van der Waals surface area (Å²) in [5.41, 5.74) is 5.24. The number of piperazine rings is 1. The summed E-state index contributed by atoms with van der Waals surface area (Å²) in [4.78, 5) is 26.3. The Hall–Kier alpha value is -1.93. The van der Waals surface area contributed by atoms with Crippen molar-refractivity contribution in [3.63, 3.8) is 0 Å². The monoisotopic (exact) mass is 306 g/mol. The SMILES string of the molecule is NC(=O)CN1CCN(c2cc(N3CCOCC3)ncn2)CC1. The van der Waals surface area contributed by atoms with Crippen LogP contribution < -0.4 is 15.5 Å². The highest BCUT2D eigenvalue weighted by atomic mass is 16.5. The molecular formula is C14H22N6O2. The molecule has 1 aromatic rings. The van der Waals surface area contributed by atoms with Crippen LogP contribution in [0.25, 0.3) is 0 Å². The van der Waals surface area contributed by atoms with Crippen LogP contribution in [-0.2, 0) is 9.53 Å². The average molecular weight is 306 g/mol. The van der Waals surface area contributed by atoms with Gasteiger partial charge in [0.25, 0.3) is 0 Å². The van der Waals surface area contributed by atoms with Crippen LogP contribution in [0.3, 0.4) is 0 Å². The fraction of sp³-hybridized carbons (Fsp3) is 0.643. The third kappa shape index (κ3) is 3.63. The molecule has 120 valence electrons. The van der Waals surface area contributed by atoms with E-state index in [0.717, 1.165) is 64.1 Å². The van der Waals surface area contributed by atoms with Gasteiger partial charge in [0, 0.05) is 45.3 Å². The minimum Gasteiger partial charge on any atom is -0.378 e. The molecule has 2 aliphatic rings. The average Bonchev–Trinajstić information content (AvgIpc) is 2.56. The molecule has 0 aliphatic carbocycles. The zero-order chi connectivity index (χ0) is 15.4. The molecule has 1 amide bonds. The van der Waals surface area contributed by atoms with Gasteiger partial charge in [0.1, 0.15) is 18.0 Å². The molecule has 3 rings (SSSR count). The molecule has 22 heavy (non-hydrogen) atoms. The fourth-order valence-corrected chi connectivity index (χ4v) is 2.83. The normalized spacial score (nSPS) is 20.2. The summed E-state index contributed by atoms with van der Waals surface area (Å²) >= 11 is 0. The number of carbonyl (C=O) groups excluding carboxylic acids is 1. The van der Waals surface area contributed by atoms with Crippen molar-refractivity contribution in [2.45, 2.75) is 0 Å². The molecule has 2 saturated heterocycles. The first-order valence-corrected chi connectivity index (χ1v) is 7.63. The highest BCUT2D eigenvalue weighted by Crippen LogP contribution is 2.19. The van der Waals surface area contributed by atoms with E-state index in [-0.39, 0.29) is 5.91 Å². The van der Waals surface area contributed by atoms with Crippen LogP contribution in [0.1, 0.15) is 0 Å². The maximum absolute atomic E-state index is 11.0. The van der Waals surface area contributed by atoms with Crippen LogP contribution in [0.4, 0.5) is 11.6 Å². The molecule has 3 heterocycles. The van der Waals surface area contributed by atoms with Crippen molar-refractivity contribution in [1.29, 1.82) is 0 Å². The van der Waals surface area contributed by atoms with Crippen LogP contribution in [0.15, 0.2) is 12.4 Å². The van der Waals surface area contributed by atoms with Gasteiger partial charge < -0.3 is 20.3 Å². The summed E-state index contributed by atoms with van der Waals surface area (Å²) in [6.45, 7) is 6.86. The number of aromatic nitrogens is 2. The maximum atomic E-state index is 11.0. The molecule has 0 saturated carbocycles. The number of morpholine rings is 1. The molecule has 2 fully saturated rings. The van der Waals surface area contributed by atoms with E-state index >= 15 is 0 Å². The van der Waals surface area contributed by atoms with E-state index in [4.69, 9.17) is 10.5 Å². The van der Waals surface area contributed by atoms with Gasteiger partial charge in [0.15, 0.2) is 0 Å². The topological polar surface area (TPSA) is 87.8 Å². The van der Waals surface area contributed by atoms with Crippen molar-refractivity contribution in [2.24, 2.45) is 5.73 Å². The molecule has 8 heteroatoms. The number of carbonyl (C=O) groups is 1. The Kier molecular flexibility index (Phi) is 4.69. The Morgan fingerprint density at radius 3 is 2.23 bits per heavy atom. The van der Waals surface area contributed by atoms with Crippen LogP contribution in [-0.4, -0.2) is 79.8 Å². The number of hydrogen-bond acceptors (Lipinski definition) is 7. The molecule has 0 unspecified atom stereocenters. The van der Waals surface area contributed by atoms with Crippen LogP contribution in [0.2, 0.25) is 0 Å². The van der Waals surface area contributed by atoms with Crippen molar-refractivity contribution in [1.82, 2.24) is 14.9 Å². The first kappa shape index (κ1) is 15.0. The van der Waals surface area contributed by atoms with Crippen LogP contribution >= 0.6 is 0 Å². The zero-order valence-corrected chi connectivity index (χ0v) is 12.6. The van der Waals surface area contributed by atoms with Crippen molar-refractivity contribution in [3.05, 3.63) is 12.4 Å². The summed E-state index contributed by atoms with van der Waals surface area (Å²) in [6.07, 6.45) is 1.62. The molecule has 0 aromatic carbocycles. The molecule has 2 aliphatic heterocycles. The number of nitrogens with zero attached hydrogens (tertiary/aromatic N) is 5.